The number of amidine groups is 1. The van der Waals surface area contributed by atoms with Gasteiger partial charge in [-0.2, -0.15) is 5.10 Å². The lowest BCUT2D eigenvalue weighted by Gasteiger charge is -2.18. The average molecular weight is 396 g/mol. The highest BCUT2D eigenvalue weighted by atomic mass is 19.1. The van der Waals surface area contributed by atoms with E-state index in [9.17, 15) is 9.18 Å². The van der Waals surface area contributed by atoms with E-state index < -0.39 is 5.54 Å². The molecule has 2 aromatic heterocycles. The Morgan fingerprint density at radius 2 is 2.10 bits per heavy atom. The first-order valence-corrected chi connectivity index (χ1v) is 9.14. The normalized spacial score (nSPS) is 16.4. The van der Waals surface area contributed by atoms with Gasteiger partial charge in [0.2, 0.25) is 0 Å². The van der Waals surface area contributed by atoms with Crippen molar-refractivity contribution in [2.45, 2.75) is 32.4 Å². The molecule has 1 aliphatic heterocycles. The van der Waals surface area contributed by atoms with Crippen LogP contribution in [0.2, 0.25) is 0 Å². The van der Waals surface area contributed by atoms with Gasteiger partial charge >= 0.3 is 0 Å². The van der Waals surface area contributed by atoms with Crippen molar-refractivity contribution < 1.29 is 13.9 Å². The quantitative estimate of drug-likeness (QED) is 0.692. The van der Waals surface area contributed by atoms with Gasteiger partial charge in [-0.3, -0.25) is 9.79 Å². The molecule has 1 atom stereocenters. The lowest BCUT2D eigenvalue weighted by atomic mass is 10.1. The molecule has 1 aromatic carbocycles. The molecule has 0 saturated heterocycles. The largest absolute Gasteiger partial charge is 0.496 e. The van der Waals surface area contributed by atoms with Crippen LogP contribution >= 0.6 is 0 Å². The highest BCUT2D eigenvalue weighted by Crippen LogP contribution is 2.28. The SMILES string of the molecule is COc1ccc(F)cc1[C@@H](C)Nc1ccn2ncc(C3=NC(C)(C)C(=O)N3)c2n1. The van der Waals surface area contributed by atoms with E-state index in [1.54, 1.807) is 50.0 Å². The Hall–Kier alpha value is -3.49. The van der Waals surface area contributed by atoms with Gasteiger partial charge in [0, 0.05) is 11.8 Å². The van der Waals surface area contributed by atoms with Crippen LogP contribution < -0.4 is 15.4 Å². The number of fused-ring (bicyclic) bond motifs is 1. The van der Waals surface area contributed by atoms with Crippen molar-refractivity contribution in [1.29, 1.82) is 0 Å². The molecule has 0 fully saturated rings. The Bertz CT molecular complexity index is 1140. The van der Waals surface area contributed by atoms with E-state index in [1.165, 1.54) is 12.1 Å². The molecule has 0 unspecified atom stereocenters. The lowest BCUT2D eigenvalue weighted by molar-refractivity contribution is -0.122. The second-order valence-electron chi connectivity index (χ2n) is 7.37. The third kappa shape index (κ3) is 3.39. The third-order valence-corrected chi connectivity index (χ3v) is 4.83. The van der Waals surface area contributed by atoms with Crippen LogP contribution in [0.1, 0.15) is 37.9 Å². The second-order valence-corrected chi connectivity index (χ2v) is 7.37. The van der Waals surface area contributed by atoms with E-state index in [-0.39, 0.29) is 17.8 Å². The van der Waals surface area contributed by atoms with E-state index in [1.807, 2.05) is 6.92 Å². The number of nitrogens with one attached hydrogen (secondary N) is 2. The van der Waals surface area contributed by atoms with Crippen LogP contribution in [0.4, 0.5) is 10.2 Å². The monoisotopic (exact) mass is 396 g/mol. The van der Waals surface area contributed by atoms with Crippen LogP contribution in [0.5, 0.6) is 5.75 Å². The number of aliphatic imine (C=N–C) groups is 1. The number of rotatable bonds is 5. The molecule has 8 nitrogen and oxygen atoms in total. The van der Waals surface area contributed by atoms with Gasteiger partial charge in [-0.1, -0.05) is 0 Å². The maximum atomic E-state index is 13.7. The molecule has 29 heavy (non-hydrogen) atoms. The fourth-order valence-corrected chi connectivity index (χ4v) is 3.21. The summed E-state index contributed by atoms with van der Waals surface area (Å²) in [6, 6.07) is 5.90. The smallest absolute Gasteiger partial charge is 0.252 e. The summed E-state index contributed by atoms with van der Waals surface area (Å²) in [5.41, 5.74) is 1.02. The van der Waals surface area contributed by atoms with Crippen LogP contribution in [0.3, 0.4) is 0 Å². The van der Waals surface area contributed by atoms with Crippen molar-refractivity contribution in [3.8, 4) is 5.75 Å². The summed E-state index contributed by atoms with van der Waals surface area (Å²) in [6.45, 7) is 5.38. The van der Waals surface area contributed by atoms with Gasteiger partial charge in [-0.05, 0) is 45.0 Å². The zero-order valence-electron chi connectivity index (χ0n) is 16.5. The Morgan fingerprint density at radius 3 is 2.79 bits per heavy atom. The summed E-state index contributed by atoms with van der Waals surface area (Å²) >= 11 is 0. The number of halogens is 1. The van der Waals surface area contributed by atoms with E-state index in [4.69, 9.17) is 4.74 Å². The summed E-state index contributed by atoms with van der Waals surface area (Å²) in [4.78, 5) is 21.1. The number of carbonyl (C=O) groups is 1. The third-order valence-electron chi connectivity index (χ3n) is 4.83. The predicted octanol–water partition coefficient (Wildman–Crippen LogP) is 2.71. The van der Waals surface area contributed by atoms with Gasteiger partial charge in [0.05, 0.1) is 24.9 Å². The topological polar surface area (TPSA) is 92.9 Å². The van der Waals surface area contributed by atoms with E-state index in [0.717, 1.165) is 0 Å². The van der Waals surface area contributed by atoms with Gasteiger partial charge in [0.1, 0.15) is 28.8 Å². The summed E-state index contributed by atoms with van der Waals surface area (Å²) in [5, 5.41) is 10.3. The number of hydrogen-bond acceptors (Lipinski definition) is 6. The molecule has 1 aliphatic rings. The second kappa shape index (κ2) is 6.84. The molecule has 4 rings (SSSR count). The zero-order valence-corrected chi connectivity index (χ0v) is 16.5. The standard InChI is InChI=1S/C20H21FN6O2/c1-11(13-9-12(21)5-6-15(13)29-4)23-16-7-8-27-18(24-16)14(10-22-27)17-25-19(28)20(2,3)26-17/h5-11H,1-4H3,(H,23,24)(H,25,26,28)/t11-/m1/s1. The van der Waals surface area contributed by atoms with Crippen molar-refractivity contribution in [1.82, 2.24) is 19.9 Å². The molecule has 0 saturated carbocycles. The van der Waals surface area contributed by atoms with Crippen molar-refractivity contribution in [2.24, 2.45) is 4.99 Å². The van der Waals surface area contributed by atoms with Crippen LogP contribution in [-0.2, 0) is 4.79 Å². The maximum absolute atomic E-state index is 13.7. The van der Waals surface area contributed by atoms with Gasteiger partial charge in [0.15, 0.2) is 5.65 Å². The van der Waals surface area contributed by atoms with Crippen molar-refractivity contribution in [3.05, 3.63) is 53.6 Å². The summed E-state index contributed by atoms with van der Waals surface area (Å²) in [7, 11) is 1.55. The highest BCUT2D eigenvalue weighted by Gasteiger charge is 2.35. The first kappa shape index (κ1) is 18.9. The zero-order chi connectivity index (χ0) is 20.8. The molecule has 0 aliphatic carbocycles. The minimum atomic E-state index is -0.831. The van der Waals surface area contributed by atoms with E-state index >= 15 is 0 Å². The number of amides is 1. The summed E-state index contributed by atoms with van der Waals surface area (Å²) in [6.07, 6.45) is 3.37. The van der Waals surface area contributed by atoms with Gasteiger partial charge in [-0.15, -0.1) is 0 Å². The number of nitrogens with zero attached hydrogens (tertiary/aromatic N) is 4. The van der Waals surface area contributed by atoms with Crippen LogP contribution in [0.15, 0.2) is 41.7 Å². The lowest BCUT2D eigenvalue weighted by Crippen LogP contribution is -2.34. The number of hydrogen-bond donors (Lipinski definition) is 2. The molecule has 3 heterocycles. The van der Waals surface area contributed by atoms with Gasteiger partial charge in [0.25, 0.3) is 5.91 Å². The molecule has 0 bridgehead atoms. The number of ether oxygens (including phenoxy) is 1. The summed E-state index contributed by atoms with van der Waals surface area (Å²) in [5.74, 6) is 1.09. The number of carbonyl (C=O) groups excluding carboxylic acids is 1. The first-order chi connectivity index (χ1) is 13.8. The summed E-state index contributed by atoms with van der Waals surface area (Å²) < 4.78 is 20.7. The minimum absolute atomic E-state index is 0.173. The minimum Gasteiger partial charge on any atom is -0.496 e. The predicted molar refractivity (Wildman–Crippen MR) is 107 cm³/mol. The van der Waals surface area contributed by atoms with E-state index in [2.05, 4.69) is 25.7 Å². The molecule has 1 amide bonds. The van der Waals surface area contributed by atoms with Crippen LogP contribution in [0.25, 0.3) is 5.65 Å². The Balaban J connectivity index is 1.67. The van der Waals surface area contributed by atoms with Crippen molar-refractivity contribution in [2.75, 3.05) is 12.4 Å². The molecular formula is C20H21FN6O2. The van der Waals surface area contributed by atoms with Crippen LogP contribution in [-0.4, -0.2) is 39.0 Å². The number of methoxy groups -OCH3 is 1. The van der Waals surface area contributed by atoms with Crippen molar-refractivity contribution in [3.63, 3.8) is 0 Å². The fraction of sp³-hybridized carbons (Fsp3) is 0.300. The van der Waals surface area contributed by atoms with Gasteiger partial charge < -0.3 is 15.4 Å². The molecule has 3 aromatic rings. The molecule has 2 N–H and O–H groups in total. The highest BCUT2D eigenvalue weighted by molar-refractivity contribution is 6.17. The maximum Gasteiger partial charge on any atom is 0.252 e. The Morgan fingerprint density at radius 1 is 1.31 bits per heavy atom. The van der Waals surface area contributed by atoms with Crippen molar-refractivity contribution >= 4 is 23.2 Å². The first-order valence-electron chi connectivity index (χ1n) is 9.14. The number of anilines is 1. The molecule has 150 valence electrons. The molecule has 0 radical (unpaired) electrons. The molecular weight excluding hydrogens is 375 g/mol. The van der Waals surface area contributed by atoms with Crippen LogP contribution in [0, 0.1) is 5.82 Å². The fourth-order valence-electron chi connectivity index (χ4n) is 3.21. The Labute approximate surface area is 166 Å². The Kier molecular flexibility index (Phi) is 4.45. The molecule has 9 heteroatoms. The van der Waals surface area contributed by atoms with Gasteiger partial charge in [-0.25, -0.2) is 13.9 Å². The van der Waals surface area contributed by atoms with E-state index in [0.29, 0.717) is 34.2 Å². The molecule has 0 spiro atoms. The average Bonchev–Trinajstić information content (AvgIpc) is 3.21. The number of benzene rings is 1. The number of aromatic nitrogens is 3.